The first-order valence-electron chi connectivity index (χ1n) is 9.34. The summed E-state index contributed by atoms with van der Waals surface area (Å²) in [6, 6.07) is 24.7. The van der Waals surface area contributed by atoms with E-state index in [9.17, 15) is 4.79 Å². The van der Waals surface area contributed by atoms with Crippen molar-refractivity contribution in [1.82, 2.24) is 5.32 Å². The van der Waals surface area contributed by atoms with Gasteiger partial charge >= 0.3 is 0 Å². The Morgan fingerprint density at radius 2 is 1.60 bits per heavy atom. The van der Waals surface area contributed by atoms with E-state index >= 15 is 0 Å². The first kappa shape index (κ1) is 21.1. The molecule has 0 aliphatic carbocycles. The molecule has 0 spiro atoms. The predicted octanol–water partition coefficient (Wildman–Crippen LogP) is 4.80. The number of amides is 1. The highest BCUT2D eigenvalue weighted by atomic mass is 32.1. The minimum absolute atomic E-state index is 0.181. The normalized spacial score (nSPS) is 10.4. The van der Waals surface area contributed by atoms with Gasteiger partial charge in [0, 0.05) is 11.6 Å². The van der Waals surface area contributed by atoms with Crippen LogP contribution in [0.3, 0.4) is 0 Å². The van der Waals surface area contributed by atoms with E-state index in [4.69, 9.17) is 21.7 Å². The lowest BCUT2D eigenvalue weighted by Gasteiger charge is -2.14. The largest absolute Gasteiger partial charge is 0.496 e. The summed E-state index contributed by atoms with van der Waals surface area (Å²) in [6.45, 7) is 0.431. The van der Waals surface area contributed by atoms with E-state index in [0.29, 0.717) is 23.8 Å². The Balaban J connectivity index is 1.58. The lowest BCUT2D eigenvalue weighted by Crippen LogP contribution is -2.32. The zero-order chi connectivity index (χ0) is 21.2. The Morgan fingerprint density at radius 3 is 2.37 bits per heavy atom. The average Bonchev–Trinajstić information content (AvgIpc) is 2.78. The van der Waals surface area contributed by atoms with Crippen LogP contribution in [-0.2, 0) is 11.4 Å². The zero-order valence-electron chi connectivity index (χ0n) is 16.5. The molecular weight excluding hydrogens is 396 g/mol. The summed E-state index contributed by atoms with van der Waals surface area (Å²) in [5.41, 5.74) is 2.53. The van der Waals surface area contributed by atoms with Crippen LogP contribution in [0.2, 0.25) is 0 Å². The van der Waals surface area contributed by atoms with E-state index in [1.54, 1.807) is 13.2 Å². The van der Waals surface area contributed by atoms with Gasteiger partial charge in [-0.3, -0.25) is 10.1 Å². The standard InChI is InChI=1S/C24H22N2O3S/c1-28-21-13-7-5-11-19(21)15-16-23(27)26-24(30)25-20-12-6-8-14-22(20)29-17-18-9-3-2-4-10-18/h2-16H,17H2,1H3,(H2,25,26,27,30)/b16-15+. The first-order valence-corrected chi connectivity index (χ1v) is 9.75. The van der Waals surface area contributed by atoms with Crippen molar-refractivity contribution in [2.45, 2.75) is 6.61 Å². The maximum Gasteiger partial charge on any atom is 0.250 e. The average molecular weight is 419 g/mol. The van der Waals surface area contributed by atoms with Gasteiger partial charge < -0.3 is 14.8 Å². The molecule has 0 saturated carbocycles. The smallest absolute Gasteiger partial charge is 0.250 e. The van der Waals surface area contributed by atoms with Gasteiger partial charge in [-0.2, -0.15) is 0 Å². The van der Waals surface area contributed by atoms with Crippen LogP contribution in [0.4, 0.5) is 5.69 Å². The molecule has 6 heteroatoms. The van der Waals surface area contributed by atoms with Gasteiger partial charge in [-0.1, -0.05) is 60.7 Å². The number of carbonyl (C=O) groups excluding carboxylic acids is 1. The fourth-order valence-electron chi connectivity index (χ4n) is 2.71. The molecule has 0 unspecified atom stereocenters. The van der Waals surface area contributed by atoms with Crippen LogP contribution in [-0.4, -0.2) is 18.1 Å². The van der Waals surface area contributed by atoms with Crippen LogP contribution in [0.1, 0.15) is 11.1 Å². The topological polar surface area (TPSA) is 59.6 Å². The summed E-state index contributed by atoms with van der Waals surface area (Å²) >= 11 is 5.27. The zero-order valence-corrected chi connectivity index (χ0v) is 17.3. The molecular formula is C24H22N2O3S. The van der Waals surface area contributed by atoms with Crippen LogP contribution < -0.4 is 20.1 Å². The predicted molar refractivity (Wildman–Crippen MR) is 124 cm³/mol. The molecule has 0 saturated heterocycles. The van der Waals surface area contributed by atoms with Gasteiger partial charge in [0.2, 0.25) is 5.91 Å². The second-order valence-electron chi connectivity index (χ2n) is 6.29. The van der Waals surface area contributed by atoms with Crippen molar-refractivity contribution in [2.75, 3.05) is 12.4 Å². The molecule has 3 aromatic rings. The van der Waals surface area contributed by atoms with Crippen molar-refractivity contribution in [3.63, 3.8) is 0 Å². The second-order valence-corrected chi connectivity index (χ2v) is 6.70. The third-order valence-corrected chi connectivity index (χ3v) is 4.37. The fourth-order valence-corrected chi connectivity index (χ4v) is 2.92. The molecule has 1 amide bonds. The van der Waals surface area contributed by atoms with E-state index in [1.807, 2.05) is 78.9 Å². The lowest BCUT2D eigenvalue weighted by atomic mass is 10.2. The SMILES string of the molecule is COc1ccccc1/C=C/C(=O)NC(=S)Nc1ccccc1OCc1ccccc1. The van der Waals surface area contributed by atoms with Crippen molar-refractivity contribution in [3.05, 3.63) is 96.1 Å². The molecule has 0 heterocycles. The Labute approximate surface area is 181 Å². The number of hydrogen-bond acceptors (Lipinski definition) is 4. The number of ether oxygens (including phenoxy) is 2. The molecule has 152 valence electrons. The molecule has 0 bridgehead atoms. The van der Waals surface area contributed by atoms with Gasteiger partial charge in [-0.25, -0.2) is 0 Å². The van der Waals surface area contributed by atoms with Crippen LogP contribution in [0.25, 0.3) is 6.08 Å². The van der Waals surface area contributed by atoms with E-state index < -0.39 is 0 Å². The second kappa shape index (κ2) is 10.8. The van der Waals surface area contributed by atoms with Crippen LogP contribution in [0, 0.1) is 0 Å². The molecule has 5 nitrogen and oxygen atoms in total. The third-order valence-electron chi connectivity index (χ3n) is 4.16. The van der Waals surface area contributed by atoms with Crippen molar-refractivity contribution in [2.24, 2.45) is 0 Å². The van der Waals surface area contributed by atoms with Gasteiger partial charge in [0.05, 0.1) is 12.8 Å². The number of nitrogens with one attached hydrogen (secondary N) is 2. The van der Waals surface area contributed by atoms with Gasteiger partial charge in [0.1, 0.15) is 18.1 Å². The van der Waals surface area contributed by atoms with Crippen LogP contribution in [0.5, 0.6) is 11.5 Å². The fraction of sp³-hybridized carbons (Fsp3) is 0.0833. The number of rotatable bonds is 7. The van der Waals surface area contributed by atoms with E-state index in [1.165, 1.54) is 6.08 Å². The number of benzene rings is 3. The third kappa shape index (κ3) is 6.18. The molecule has 0 aliphatic rings. The Morgan fingerprint density at radius 1 is 0.933 bits per heavy atom. The highest BCUT2D eigenvalue weighted by molar-refractivity contribution is 7.80. The lowest BCUT2D eigenvalue weighted by molar-refractivity contribution is -0.115. The Bertz CT molecular complexity index is 1040. The molecule has 0 aromatic heterocycles. The van der Waals surface area contributed by atoms with Crippen molar-refractivity contribution >= 4 is 35.0 Å². The number of carbonyl (C=O) groups is 1. The Hall–Kier alpha value is -3.64. The summed E-state index contributed by atoms with van der Waals surface area (Å²) < 4.78 is 11.2. The molecule has 0 fully saturated rings. The molecule has 0 radical (unpaired) electrons. The van der Waals surface area contributed by atoms with Gasteiger partial charge in [-0.15, -0.1) is 0 Å². The van der Waals surface area contributed by atoms with Gasteiger partial charge in [0.15, 0.2) is 5.11 Å². The molecule has 30 heavy (non-hydrogen) atoms. The quantitative estimate of drug-likeness (QED) is 0.426. The minimum atomic E-state index is -0.346. The number of anilines is 1. The number of para-hydroxylation sites is 3. The van der Waals surface area contributed by atoms with Gasteiger partial charge in [0.25, 0.3) is 0 Å². The highest BCUT2D eigenvalue weighted by Gasteiger charge is 2.07. The van der Waals surface area contributed by atoms with Crippen molar-refractivity contribution in [3.8, 4) is 11.5 Å². The van der Waals surface area contributed by atoms with E-state index in [0.717, 1.165) is 11.1 Å². The van der Waals surface area contributed by atoms with Crippen molar-refractivity contribution in [1.29, 1.82) is 0 Å². The molecule has 0 atom stereocenters. The Kier molecular flexibility index (Phi) is 7.58. The summed E-state index contributed by atoms with van der Waals surface area (Å²) in [5.74, 6) is 0.982. The summed E-state index contributed by atoms with van der Waals surface area (Å²) in [7, 11) is 1.59. The van der Waals surface area contributed by atoms with Gasteiger partial charge in [-0.05, 0) is 42.1 Å². The summed E-state index contributed by atoms with van der Waals surface area (Å²) in [6.07, 6.45) is 3.08. The maximum absolute atomic E-state index is 12.2. The number of methoxy groups -OCH3 is 1. The molecule has 0 aliphatic heterocycles. The summed E-state index contributed by atoms with van der Waals surface area (Å²) in [5, 5.41) is 5.83. The van der Waals surface area contributed by atoms with Crippen LogP contribution in [0.15, 0.2) is 84.9 Å². The molecule has 3 rings (SSSR count). The monoisotopic (exact) mass is 418 g/mol. The van der Waals surface area contributed by atoms with E-state index in [2.05, 4.69) is 10.6 Å². The first-order chi connectivity index (χ1) is 14.7. The minimum Gasteiger partial charge on any atom is -0.496 e. The molecule has 2 N–H and O–H groups in total. The number of hydrogen-bond donors (Lipinski definition) is 2. The summed E-state index contributed by atoms with van der Waals surface area (Å²) in [4.78, 5) is 12.2. The molecule has 3 aromatic carbocycles. The van der Waals surface area contributed by atoms with Crippen LogP contribution >= 0.6 is 12.2 Å². The maximum atomic E-state index is 12.2. The van der Waals surface area contributed by atoms with E-state index in [-0.39, 0.29) is 11.0 Å². The number of thiocarbonyl (C=S) groups is 1. The highest BCUT2D eigenvalue weighted by Crippen LogP contribution is 2.24. The van der Waals surface area contributed by atoms with Crippen molar-refractivity contribution < 1.29 is 14.3 Å².